The molecule has 0 radical (unpaired) electrons. The fourth-order valence-corrected chi connectivity index (χ4v) is 5.24. The summed E-state index contributed by atoms with van der Waals surface area (Å²) in [4.78, 5) is 24.9. The maximum absolute atomic E-state index is 12.5. The second-order valence-corrected chi connectivity index (χ2v) is 16.9. The first-order chi connectivity index (χ1) is 24.8. The standard InChI is InChI=1S/C45H74N2O6/c1-13-42(5,6)50-36-28-26-34(38(32-36)52-44(9,10)15-3)22-17-19-30-46-40(48)24-21-25-41(49)47-31-20-18-23-35-27-29-37(51-43(7,8)14-2)33-39(35)53-45(11,12)16-4/h26-29,32-33H,13-25,30-31H2,1-12H3,(H,46,48)(H,47,49). The van der Waals surface area contributed by atoms with Crippen LogP contribution in [0.1, 0.15) is 165 Å². The van der Waals surface area contributed by atoms with Crippen LogP contribution in [0.3, 0.4) is 0 Å². The largest absolute Gasteiger partial charge is 0.488 e. The summed E-state index contributed by atoms with van der Waals surface area (Å²) in [6.07, 6.45) is 10.1. The molecule has 53 heavy (non-hydrogen) atoms. The van der Waals surface area contributed by atoms with Crippen LogP contribution in [0.5, 0.6) is 23.0 Å². The Labute approximate surface area is 322 Å². The van der Waals surface area contributed by atoms with Crippen molar-refractivity contribution in [2.24, 2.45) is 0 Å². The summed E-state index contributed by atoms with van der Waals surface area (Å²) in [6.45, 7) is 26.5. The number of hydrogen-bond acceptors (Lipinski definition) is 6. The van der Waals surface area contributed by atoms with Gasteiger partial charge in [-0.2, -0.15) is 0 Å². The van der Waals surface area contributed by atoms with E-state index in [0.717, 1.165) is 98.3 Å². The topological polar surface area (TPSA) is 95.1 Å². The molecule has 0 heterocycles. The van der Waals surface area contributed by atoms with Gasteiger partial charge < -0.3 is 29.6 Å². The molecule has 0 aliphatic carbocycles. The Morgan fingerprint density at radius 1 is 0.491 bits per heavy atom. The summed E-state index contributed by atoms with van der Waals surface area (Å²) in [7, 11) is 0. The van der Waals surface area contributed by atoms with Crippen LogP contribution in [0.15, 0.2) is 36.4 Å². The number of nitrogens with one attached hydrogen (secondary N) is 2. The van der Waals surface area contributed by atoms with Crippen LogP contribution in [0.25, 0.3) is 0 Å². The van der Waals surface area contributed by atoms with E-state index in [4.69, 9.17) is 18.9 Å². The van der Waals surface area contributed by atoms with E-state index >= 15 is 0 Å². The van der Waals surface area contributed by atoms with Crippen molar-refractivity contribution in [1.82, 2.24) is 10.6 Å². The highest BCUT2D eigenvalue weighted by Gasteiger charge is 2.23. The van der Waals surface area contributed by atoms with E-state index < -0.39 is 0 Å². The molecule has 2 amide bonds. The van der Waals surface area contributed by atoms with Gasteiger partial charge in [-0.3, -0.25) is 9.59 Å². The van der Waals surface area contributed by atoms with E-state index in [1.165, 1.54) is 0 Å². The second kappa shape index (κ2) is 21.5. The van der Waals surface area contributed by atoms with Crippen molar-refractivity contribution in [3.05, 3.63) is 47.5 Å². The predicted octanol–water partition coefficient (Wildman–Crippen LogP) is 10.7. The minimum atomic E-state index is -0.278. The maximum Gasteiger partial charge on any atom is 0.220 e. The summed E-state index contributed by atoms with van der Waals surface area (Å²) in [6, 6.07) is 12.3. The van der Waals surface area contributed by atoms with Gasteiger partial charge in [0.15, 0.2) is 0 Å². The molecule has 0 spiro atoms. The van der Waals surface area contributed by atoms with Gasteiger partial charge in [0, 0.05) is 38.1 Å². The number of benzene rings is 2. The summed E-state index contributed by atoms with van der Waals surface area (Å²) in [5, 5.41) is 6.04. The van der Waals surface area contributed by atoms with Crippen molar-refractivity contribution in [2.45, 2.75) is 189 Å². The SMILES string of the molecule is CCC(C)(C)Oc1ccc(CCCCNC(=O)CCCC(=O)NCCCCc2ccc(OC(C)(C)CC)cc2OC(C)(C)CC)c(OC(C)(C)CC)c1. The first kappa shape index (κ1) is 45.7. The van der Waals surface area contributed by atoms with E-state index in [2.05, 4.69) is 106 Å². The average molecular weight is 739 g/mol. The molecule has 2 N–H and O–H groups in total. The van der Waals surface area contributed by atoms with E-state index in [-0.39, 0.29) is 34.2 Å². The Bertz CT molecular complexity index is 1310. The Hall–Kier alpha value is -3.42. The van der Waals surface area contributed by atoms with Gasteiger partial charge in [0.1, 0.15) is 45.4 Å². The number of ether oxygens (including phenoxy) is 4. The van der Waals surface area contributed by atoms with Crippen molar-refractivity contribution in [2.75, 3.05) is 13.1 Å². The molecule has 2 rings (SSSR count). The molecular weight excluding hydrogens is 665 g/mol. The first-order valence-electron chi connectivity index (χ1n) is 20.4. The van der Waals surface area contributed by atoms with E-state index in [9.17, 15) is 9.59 Å². The monoisotopic (exact) mass is 739 g/mol. The predicted molar refractivity (Wildman–Crippen MR) is 219 cm³/mol. The van der Waals surface area contributed by atoms with Crippen molar-refractivity contribution in [1.29, 1.82) is 0 Å². The number of carbonyl (C=O) groups excluding carboxylic acids is 2. The van der Waals surface area contributed by atoms with E-state index in [1.54, 1.807) is 0 Å². The van der Waals surface area contributed by atoms with Gasteiger partial charge in [-0.1, -0.05) is 39.8 Å². The number of hydrogen-bond donors (Lipinski definition) is 2. The Kier molecular flexibility index (Phi) is 18.5. The molecular formula is C45H74N2O6. The fourth-order valence-electron chi connectivity index (χ4n) is 5.24. The fraction of sp³-hybridized carbons (Fsp3) is 0.689. The smallest absolute Gasteiger partial charge is 0.220 e. The molecule has 0 aromatic heterocycles. The molecule has 0 aliphatic rings. The Morgan fingerprint density at radius 2 is 0.830 bits per heavy atom. The number of carbonyl (C=O) groups is 2. The van der Waals surface area contributed by atoms with Crippen LogP contribution in [0.2, 0.25) is 0 Å². The number of aryl methyl sites for hydroxylation is 2. The molecule has 300 valence electrons. The molecule has 0 atom stereocenters. The van der Waals surface area contributed by atoms with Crippen molar-refractivity contribution >= 4 is 11.8 Å². The molecule has 0 fully saturated rings. The van der Waals surface area contributed by atoms with Crippen molar-refractivity contribution in [3.63, 3.8) is 0 Å². The Balaban J connectivity index is 1.71. The molecule has 0 saturated heterocycles. The van der Waals surface area contributed by atoms with Crippen LogP contribution >= 0.6 is 0 Å². The number of amides is 2. The molecule has 0 saturated carbocycles. The molecule has 0 aliphatic heterocycles. The summed E-state index contributed by atoms with van der Waals surface area (Å²) < 4.78 is 25.3. The quantitative estimate of drug-likeness (QED) is 0.0933. The lowest BCUT2D eigenvalue weighted by molar-refractivity contribution is -0.122. The number of unbranched alkanes of at least 4 members (excludes halogenated alkanes) is 2. The normalized spacial score (nSPS) is 12.3. The highest BCUT2D eigenvalue weighted by Crippen LogP contribution is 2.34. The van der Waals surface area contributed by atoms with E-state index in [1.807, 2.05) is 24.3 Å². The molecule has 8 nitrogen and oxygen atoms in total. The minimum absolute atomic E-state index is 0.00879. The summed E-state index contributed by atoms with van der Waals surface area (Å²) in [5.41, 5.74) is 1.25. The third kappa shape index (κ3) is 18.0. The zero-order chi connectivity index (χ0) is 39.7. The third-order valence-electron chi connectivity index (χ3n) is 10.2. The number of rotatable bonds is 26. The zero-order valence-electron chi connectivity index (χ0n) is 35.5. The molecule has 2 aromatic rings. The molecule has 0 bridgehead atoms. The van der Waals surface area contributed by atoms with Crippen LogP contribution in [-0.2, 0) is 22.4 Å². The minimum Gasteiger partial charge on any atom is -0.488 e. The summed E-state index contributed by atoms with van der Waals surface area (Å²) in [5.74, 6) is 3.35. The van der Waals surface area contributed by atoms with E-state index in [0.29, 0.717) is 32.4 Å². The van der Waals surface area contributed by atoms with Gasteiger partial charge in [0.05, 0.1) is 0 Å². The van der Waals surface area contributed by atoms with Gasteiger partial charge in [0.2, 0.25) is 11.8 Å². The van der Waals surface area contributed by atoms with Gasteiger partial charge in [-0.05, 0) is 149 Å². The first-order valence-corrected chi connectivity index (χ1v) is 20.4. The maximum atomic E-state index is 12.5. The highest BCUT2D eigenvalue weighted by molar-refractivity contribution is 5.78. The third-order valence-corrected chi connectivity index (χ3v) is 10.2. The molecule has 0 unspecified atom stereocenters. The highest BCUT2D eigenvalue weighted by atomic mass is 16.5. The van der Waals surface area contributed by atoms with Gasteiger partial charge in [0.25, 0.3) is 0 Å². The van der Waals surface area contributed by atoms with Gasteiger partial charge >= 0.3 is 0 Å². The van der Waals surface area contributed by atoms with Crippen LogP contribution in [0.4, 0.5) is 0 Å². The lowest BCUT2D eigenvalue weighted by atomic mass is 10.0. The van der Waals surface area contributed by atoms with Crippen molar-refractivity contribution in [3.8, 4) is 23.0 Å². The lowest BCUT2D eigenvalue weighted by Crippen LogP contribution is -2.28. The van der Waals surface area contributed by atoms with Gasteiger partial charge in [-0.25, -0.2) is 0 Å². The zero-order valence-corrected chi connectivity index (χ0v) is 35.5. The Morgan fingerprint density at radius 3 is 1.17 bits per heavy atom. The summed E-state index contributed by atoms with van der Waals surface area (Å²) >= 11 is 0. The molecule has 8 heteroatoms. The van der Waals surface area contributed by atoms with Crippen molar-refractivity contribution < 1.29 is 28.5 Å². The van der Waals surface area contributed by atoms with Gasteiger partial charge in [-0.15, -0.1) is 0 Å². The second-order valence-electron chi connectivity index (χ2n) is 16.9. The van der Waals surface area contributed by atoms with Crippen LogP contribution < -0.4 is 29.6 Å². The lowest BCUT2D eigenvalue weighted by Gasteiger charge is -2.29. The van der Waals surface area contributed by atoms with Crippen LogP contribution in [0, 0.1) is 0 Å². The molecule has 2 aromatic carbocycles. The average Bonchev–Trinajstić information content (AvgIpc) is 3.09. The van der Waals surface area contributed by atoms with Crippen LogP contribution in [-0.4, -0.2) is 47.3 Å².